The van der Waals surface area contributed by atoms with Crippen molar-refractivity contribution in [3.05, 3.63) is 72.1 Å². The van der Waals surface area contributed by atoms with Gasteiger partial charge in [0.15, 0.2) is 6.23 Å². The third-order valence-corrected chi connectivity index (χ3v) is 4.27. The van der Waals surface area contributed by atoms with Crippen LogP contribution < -0.4 is 9.64 Å². The van der Waals surface area contributed by atoms with Crippen LogP contribution in [0.1, 0.15) is 17.5 Å². The van der Waals surface area contributed by atoms with Crippen LogP contribution in [0, 0.1) is 0 Å². The molecule has 1 aromatic heterocycles. The molecule has 1 aliphatic heterocycles. The zero-order chi connectivity index (χ0) is 17.1. The van der Waals surface area contributed by atoms with Gasteiger partial charge in [-0.05, 0) is 29.8 Å². The lowest BCUT2D eigenvalue weighted by molar-refractivity contribution is 0.110. The number of nitrogens with zero attached hydrogens (tertiary/aromatic N) is 4. The van der Waals surface area contributed by atoms with Gasteiger partial charge < -0.3 is 14.4 Å². The minimum atomic E-state index is -0.193. The standard InChI is InChI=1S/C19H20N4O2/c1-24-17-9-5-6-15(12-17)13-22-14-18(20-21-22)19-23(10-11-25-19)16-7-3-2-4-8-16/h2-9,12,14,19H,10-11,13H2,1H3/t19-/m0/s1. The first-order valence-electron chi connectivity index (χ1n) is 8.30. The summed E-state index contributed by atoms with van der Waals surface area (Å²) >= 11 is 0. The predicted molar refractivity (Wildman–Crippen MR) is 94.6 cm³/mol. The van der Waals surface area contributed by atoms with E-state index in [4.69, 9.17) is 9.47 Å². The number of methoxy groups -OCH3 is 1. The summed E-state index contributed by atoms with van der Waals surface area (Å²) in [6.07, 6.45) is 1.76. The molecule has 0 N–H and O–H groups in total. The minimum absolute atomic E-state index is 0.193. The fourth-order valence-corrected chi connectivity index (χ4v) is 3.06. The largest absolute Gasteiger partial charge is 0.497 e. The molecule has 1 aliphatic rings. The molecule has 3 aromatic rings. The van der Waals surface area contributed by atoms with Crippen molar-refractivity contribution in [1.82, 2.24) is 15.0 Å². The van der Waals surface area contributed by atoms with Crippen molar-refractivity contribution in [2.24, 2.45) is 0 Å². The molecule has 0 radical (unpaired) electrons. The first-order chi connectivity index (χ1) is 12.3. The molecule has 2 aromatic carbocycles. The van der Waals surface area contributed by atoms with Crippen LogP contribution in [0.3, 0.4) is 0 Å². The molecule has 1 fully saturated rings. The molecule has 25 heavy (non-hydrogen) atoms. The van der Waals surface area contributed by atoms with Crippen molar-refractivity contribution in [1.29, 1.82) is 0 Å². The van der Waals surface area contributed by atoms with Gasteiger partial charge in [-0.25, -0.2) is 4.68 Å². The van der Waals surface area contributed by atoms with Crippen LogP contribution in [0.2, 0.25) is 0 Å². The van der Waals surface area contributed by atoms with Gasteiger partial charge in [0.2, 0.25) is 0 Å². The van der Waals surface area contributed by atoms with E-state index < -0.39 is 0 Å². The number of hydrogen-bond donors (Lipinski definition) is 0. The van der Waals surface area contributed by atoms with E-state index in [1.807, 2.05) is 53.3 Å². The molecule has 4 rings (SSSR count). The van der Waals surface area contributed by atoms with E-state index in [2.05, 4.69) is 27.3 Å². The summed E-state index contributed by atoms with van der Waals surface area (Å²) in [5.74, 6) is 0.840. The number of para-hydroxylation sites is 1. The normalized spacial score (nSPS) is 17.0. The number of anilines is 1. The molecule has 0 amide bonds. The molecule has 0 bridgehead atoms. The minimum Gasteiger partial charge on any atom is -0.497 e. The maximum absolute atomic E-state index is 5.90. The number of hydrogen-bond acceptors (Lipinski definition) is 5. The molecule has 2 heterocycles. The van der Waals surface area contributed by atoms with Crippen LogP contribution in [0.5, 0.6) is 5.75 Å². The zero-order valence-electron chi connectivity index (χ0n) is 14.1. The Morgan fingerprint density at radius 2 is 2.04 bits per heavy atom. The lowest BCUT2D eigenvalue weighted by Gasteiger charge is -2.23. The maximum atomic E-state index is 5.90. The van der Waals surface area contributed by atoms with Gasteiger partial charge in [0.25, 0.3) is 0 Å². The molecular formula is C19H20N4O2. The van der Waals surface area contributed by atoms with Gasteiger partial charge >= 0.3 is 0 Å². The van der Waals surface area contributed by atoms with Gasteiger partial charge in [-0.1, -0.05) is 35.5 Å². The first kappa shape index (κ1) is 15.7. The number of aromatic nitrogens is 3. The highest BCUT2D eigenvalue weighted by Crippen LogP contribution is 2.30. The summed E-state index contributed by atoms with van der Waals surface area (Å²) in [4.78, 5) is 2.21. The summed E-state index contributed by atoms with van der Waals surface area (Å²) in [5, 5.41) is 8.59. The summed E-state index contributed by atoms with van der Waals surface area (Å²) in [5.41, 5.74) is 3.07. The van der Waals surface area contributed by atoms with Crippen molar-refractivity contribution in [2.75, 3.05) is 25.2 Å². The van der Waals surface area contributed by atoms with Crippen molar-refractivity contribution in [3.8, 4) is 5.75 Å². The Balaban J connectivity index is 1.52. The van der Waals surface area contributed by atoms with E-state index in [1.54, 1.807) is 7.11 Å². The van der Waals surface area contributed by atoms with Gasteiger partial charge in [0.1, 0.15) is 11.4 Å². The second kappa shape index (κ2) is 6.94. The molecular weight excluding hydrogens is 316 g/mol. The van der Waals surface area contributed by atoms with Crippen molar-refractivity contribution >= 4 is 5.69 Å². The molecule has 0 spiro atoms. The molecule has 1 saturated heterocycles. The first-order valence-corrected chi connectivity index (χ1v) is 8.30. The van der Waals surface area contributed by atoms with Crippen LogP contribution in [-0.2, 0) is 11.3 Å². The summed E-state index contributed by atoms with van der Waals surface area (Å²) in [7, 11) is 1.67. The Bertz CT molecular complexity index is 834. The lowest BCUT2D eigenvalue weighted by Crippen LogP contribution is -2.23. The third kappa shape index (κ3) is 3.34. The third-order valence-electron chi connectivity index (χ3n) is 4.27. The van der Waals surface area contributed by atoms with E-state index in [-0.39, 0.29) is 6.23 Å². The zero-order valence-corrected chi connectivity index (χ0v) is 14.1. The monoisotopic (exact) mass is 336 g/mol. The molecule has 6 heteroatoms. The van der Waals surface area contributed by atoms with Crippen molar-refractivity contribution in [3.63, 3.8) is 0 Å². The van der Waals surface area contributed by atoms with Gasteiger partial charge in [-0.3, -0.25) is 0 Å². The Morgan fingerprint density at radius 1 is 1.16 bits per heavy atom. The van der Waals surface area contributed by atoms with Crippen LogP contribution in [0.25, 0.3) is 0 Å². The smallest absolute Gasteiger partial charge is 0.177 e. The highest BCUT2D eigenvalue weighted by Gasteiger charge is 2.29. The molecule has 0 saturated carbocycles. The second-order valence-corrected chi connectivity index (χ2v) is 5.94. The fourth-order valence-electron chi connectivity index (χ4n) is 3.06. The molecule has 1 atom stereocenters. The quantitative estimate of drug-likeness (QED) is 0.717. The van der Waals surface area contributed by atoms with Crippen LogP contribution in [0.4, 0.5) is 5.69 Å². The average Bonchev–Trinajstić information content (AvgIpc) is 3.32. The topological polar surface area (TPSA) is 52.4 Å². The van der Waals surface area contributed by atoms with Crippen LogP contribution in [-0.4, -0.2) is 35.3 Å². The van der Waals surface area contributed by atoms with Crippen LogP contribution >= 0.6 is 0 Å². The Kier molecular flexibility index (Phi) is 4.35. The molecule has 0 aliphatic carbocycles. The number of benzene rings is 2. The summed E-state index contributed by atoms with van der Waals surface area (Å²) in [6.45, 7) is 2.17. The number of ether oxygens (including phenoxy) is 2. The Morgan fingerprint density at radius 3 is 2.88 bits per heavy atom. The predicted octanol–water partition coefficient (Wildman–Crippen LogP) is 2.87. The second-order valence-electron chi connectivity index (χ2n) is 5.94. The van der Waals surface area contributed by atoms with E-state index in [0.29, 0.717) is 13.2 Å². The molecule has 6 nitrogen and oxygen atoms in total. The van der Waals surface area contributed by atoms with Gasteiger partial charge in [-0.15, -0.1) is 5.10 Å². The van der Waals surface area contributed by atoms with Crippen molar-refractivity contribution < 1.29 is 9.47 Å². The molecule has 128 valence electrons. The van der Waals surface area contributed by atoms with Crippen LogP contribution in [0.15, 0.2) is 60.8 Å². The van der Waals surface area contributed by atoms with Gasteiger partial charge in [0, 0.05) is 12.2 Å². The van der Waals surface area contributed by atoms with Crippen molar-refractivity contribution in [2.45, 2.75) is 12.8 Å². The van der Waals surface area contributed by atoms with Gasteiger partial charge in [-0.2, -0.15) is 0 Å². The Labute approximate surface area is 146 Å². The summed E-state index contributed by atoms with van der Waals surface area (Å²) < 4.78 is 13.0. The van der Waals surface area contributed by atoms with E-state index >= 15 is 0 Å². The summed E-state index contributed by atoms with van der Waals surface area (Å²) in [6, 6.07) is 18.2. The fraction of sp³-hybridized carbons (Fsp3) is 0.263. The molecule has 0 unspecified atom stereocenters. The van der Waals surface area contributed by atoms with Gasteiger partial charge in [0.05, 0.1) is 26.5 Å². The SMILES string of the molecule is COc1cccc(Cn2cc([C@@H]3OCCN3c3ccccc3)nn2)c1. The van der Waals surface area contributed by atoms with E-state index in [1.165, 1.54) is 0 Å². The Hall–Kier alpha value is -2.86. The number of rotatable bonds is 5. The highest BCUT2D eigenvalue weighted by molar-refractivity contribution is 5.48. The average molecular weight is 336 g/mol. The lowest BCUT2D eigenvalue weighted by atomic mass is 10.2. The van der Waals surface area contributed by atoms with E-state index in [9.17, 15) is 0 Å². The maximum Gasteiger partial charge on any atom is 0.177 e. The highest BCUT2D eigenvalue weighted by atomic mass is 16.5. The van der Waals surface area contributed by atoms with E-state index in [0.717, 1.165) is 29.2 Å².